The van der Waals surface area contributed by atoms with E-state index < -0.39 is 31.5 Å². The molecule has 12 nitrogen and oxygen atoms in total. The summed E-state index contributed by atoms with van der Waals surface area (Å²) in [5.41, 5.74) is 0.538. The number of carbonyl (C=O) groups excluding carboxylic acids is 1. The molecule has 0 radical (unpaired) electrons. The molecule has 0 bridgehead atoms. The molecule has 1 aromatic heterocycles. The molecule has 0 aliphatic carbocycles. The Kier molecular flexibility index (Phi) is 6.06. The first-order valence-corrected chi connectivity index (χ1v) is 11.4. The van der Waals surface area contributed by atoms with Crippen LogP contribution in [-0.2, 0) is 25.0 Å². The maximum atomic E-state index is 12.9. The van der Waals surface area contributed by atoms with E-state index in [9.17, 15) is 21.6 Å². The number of rotatable bonds is 6. The number of aromatic nitrogens is 3. The predicted octanol–water partition coefficient (Wildman–Crippen LogP) is 0.877. The van der Waals surface area contributed by atoms with E-state index in [0.717, 1.165) is 22.2 Å². The van der Waals surface area contributed by atoms with Crippen molar-refractivity contribution in [3.8, 4) is 0 Å². The first-order chi connectivity index (χ1) is 14.6. The SMILES string of the molecule is COC(=O)N(/N=C/c1cccc2ccccc12)S(=O)(=O)c1ncn(S(=O)(=O)N(C)C)n1. The van der Waals surface area contributed by atoms with E-state index in [1.54, 1.807) is 18.2 Å². The van der Waals surface area contributed by atoms with Crippen molar-refractivity contribution >= 4 is 43.3 Å². The number of nitrogens with zero attached hydrogens (tertiary/aromatic N) is 6. The van der Waals surface area contributed by atoms with Gasteiger partial charge in [0.25, 0.3) is 5.16 Å². The van der Waals surface area contributed by atoms with E-state index in [1.165, 1.54) is 20.3 Å². The van der Waals surface area contributed by atoms with Gasteiger partial charge in [-0.05, 0) is 10.8 Å². The fraction of sp³-hybridized carbons (Fsp3) is 0.176. The number of hydrogen-bond donors (Lipinski definition) is 0. The number of methoxy groups -OCH3 is 1. The standard InChI is InChI=1S/C17H18N6O6S2/c1-21(2)31(27,28)22-12-18-16(20-22)30(25,26)23(17(24)29-3)19-11-14-9-6-8-13-7-4-5-10-15(13)14/h4-12H,1-3H3/b19-11+. The molecule has 3 aromatic rings. The van der Waals surface area contributed by atoms with Crippen molar-refractivity contribution in [3.63, 3.8) is 0 Å². The summed E-state index contributed by atoms with van der Waals surface area (Å²) >= 11 is 0. The lowest BCUT2D eigenvalue weighted by molar-refractivity contribution is 0.150. The first-order valence-electron chi connectivity index (χ1n) is 8.58. The molecule has 0 N–H and O–H groups in total. The van der Waals surface area contributed by atoms with Crippen molar-refractivity contribution in [3.05, 3.63) is 54.4 Å². The topological polar surface area (TPSA) is 144 Å². The van der Waals surface area contributed by atoms with Gasteiger partial charge in [-0.25, -0.2) is 9.78 Å². The normalized spacial score (nSPS) is 12.5. The van der Waals surface area contributed by atoms with Crippen LogP contribution in [0.15, 0.2) is 59.0 Å². The highest BCUT2D eigenvalue weighted by Crippen LogP contribution is 2.18. The van der Waals surface area contributed by atoms with Gasteiger partial charge in [0.1, 0.15) is 6.33 Å². The van der Waals surface area contributed by atoms with Crippen molar-refractivity contribution < 1.29 is 26.4 Å². The highest BCUT2D eigenvalue weighted by atomic mass is 32.2. The highest BCUT2D eigenvalue weighted by Gasteiger charge is 2.35. The summed E-state index contributed by atoms with van der Waals surface area (Å²) in [6.45, 7) is 0. The molecule has 0 aliphatic rings. The van der Waals surface area contributed by atoms with E-state index in [2.05, 4.69) is 19.9 Å². The van der Waals surface area contributed by atoms with Gasteiger partial charge in [-0.2, -0.15) is 26.2 Å². The molecule has 1 amide bonds. The second kappa shape index (κ2) is 8.41. The fourth-order valence-corrected chi connectivity index (χ4v) is 4.17. The molecule has 0 spiro atoms. The van der Waals surface area contributed by atoms with Gasteiger partial charge in [0.15, 0.2) is 0 Å². The number of sulfonamides is 1. The van der Waals surface area contributed by atoms with E-state index in [1.807, 2.05) is 24.3 Å². The van der Waals surface area contributed by atoms with Crippen LogP contribution in [0.2, 0.25) is 0 Å². The van der Waals surface area contributed by atoms with Gasteiger partial charge in [-0.3, -0.25) is 0 Å². The number of hydrogen-bond acceptors (Lipinski definition) is 9. The van der Waals surface area contributed by atoms with Gasteiger partial charge in [-0.1, -0.05) is 46.9 Å². The lowest BCUT2D eigenvalue weighted by atomic mass is 10.1. The second-order valence-electron chi connectivity index (χ2n) is 6.22. The van der Waals surface area contributed by atoms with Crippen LogP contribution < -0.4 is 0 Å². The average Bonchev–Trinajstić information content (AvgIpc) is 3.25. The third-order valence-electron chi connectivity index (χ3n) is 4.06. The van der Waals surface area contributed by atoms with Crippen LogP contribution in [0, 0.1) is 0 Å². The molecule has 164 valence electrons. The van der Waals surface area contributed by atoms with Crippen molar-refractivity contribution in [1.29, 1.82) is 0 Å². The zero-order chi connectivity index (χ0) is 22.8. The monoisotopic (exact) mass is 466 g/mol. The molecule has 0 atom stereocenters. The first kappa shape index (κ1) is 22.3. The largest absolute Gasteiger partial charge is 0.451 e. The quantitative estimate of drug-likeness (QED) is 0.384. The van der Waals surface area contributed by atoms with E-state index in [0.29, 0.717) is 16.0 Å². The number of ether oxygens (including phenoxy) is 1. The number of fused-ring (bicyclic) bond motifs is 1. The van der Waals surface area contributed by atoms with Crippen molar-refractivity contribution in [2.24, 2.45) is 5.10 Å². The number of benzene rings is 2. The van der Waals surface area contributed by atoms with Crippen LogP contribution in [0.25, 0.3) is 10.8 Å². The third-order valence-corrected chi connectivity index (χ3v) is 6.98. The Morgan fingerprint density at radius 2 is 1.77 bits per heavy atom. The Morgan fingerprint density at radius 1 is 1.10 bits per heavy atom. The Hall–Kier alpha value is -3.36. The third kappa shape index (κ3) is 4.26. The van der Waals surface area contributed by atoms with Gasteiger partial charge < -0.3 is 4.74 Å². The van der Waals surface area contributed by atoms with Crippen molar-refractivity contribution in [1.82, 2.24) is 22.9 Å². The van der Waals surface area contributed by atoms with Crippen LogP contribution in [0.3, 0.4) is 0 Å². The van der Waals surface area contributed by atoms with Crippen LogP contribution >= 0.6 is 0 Å². The minimum Gasteiger partial charge on any atom is -0.451 e. The summed E-state index contributed by atoms with van der Waals surface area (Å²) in [4.78, 5) is 15.7. The molecule has 0 fully saturated rings. The number of carbonyl (C=O) groups is 1. The van der Waals surface area contributed by atoms with Crippen LogP contribution in [0.4, 0.5) is 4.79 Å². The zero-order valence-electron chi connectivity index (χ0n) is 16.6. The number of hydrazone groups is 1. The molecule has 14 heteroatoms. The summed E-state index contributed by atoms with van der Waals surface area (Å²) in [5, 5.41) is 7.96. The minimum atomic E-state index is -4.77. The molecule has 0 saturated heterocycles. The van der Waals surface area contributed by atoms with E-state index in [4.69, 9.17) is 0 Å². The van der Waals surface area contributed by atoms with Crippen molar-refractivity contribution in [2.75, 3.05) is 21.2 Å². The maximum Gasteiger partial charge on any atom is 0.445 e. The molecule has 0 unspecified atom stereocenters. The molecule has 3 rings (SSSR count). The van der Waals surface area contributed by atoms with Crippen LogP contribution in [-0.4, -0.2) is 73.2 Å². The lowest BCUT2D eigenvalue weighted by Gasteiger charge is -2.13. The fourth-order valence-electron chi connectivity index (χ4n) is 2.47. The molecule has 31 heavy (non-hydrogen) atoms. The molecular formula is C17H18N6O6S2. The average molecular weight is 467 g/mol. The van der Waals surface area contributed by atoms with Gasteiger partial charge >= 0.3 is 26.3 Å². The summed E-state index contributed by atoms with van der Waals surface area (Å²) in [6, 6.07) is 12.6. The maximum absolute atomic E-state index is 12.9. The Bertz CT molecular complexity index is 1360. The Morgan fingerprint density at radius 3 is 2.45 bits per heavy atom. The predicted molar refractivity (Wildman–Crippen MR) is 111 cm³/mol. The van der Waals surface area contributed by atoms with Crippen LogP contribution in [0.5, 0.6) is 0 Å². The molecule has 0 aliphatic heterocycles. The zero-order valence-corrected chi connectivity index (χ0v) is 18.3. The van der Waals surface area contributed by atoms with Gasteiger partial charge in [0.2, 0.25) is 0 Å². The smallest absolute Gasteiger partial charge is 0.445 e. The highest BCUT2D eigenvalue weighted by molar-refractivity contribution is 7.89. The summed E-state index contributed by atoms with van der Waals surface area (Å²) in [5.74, 6) is 0. The van der Waals surface area contributed by atoms with Gasteiger partial charge in [0.05, 0.1) is 13.3 Å². The minimum absolute atomic E-state index is 0.0523. The Balaban J connectivity index is 2.04. The Labute approximate surface area is 178 Å². The van der Waals surface area contributed by atoms with Gasteiger partial charge in [-0.15, -0.1) is 9.19 Å². The van der Waals surface area contributed by atoms with E-state index in [-0.39, 0.29) is 4.41 Å². The summed E-state index contributed by atoms with van der Waals surface area (Å²) < 4.78 is 55.8. The number of amides is 1. The molecule has 0 saturated carbocycles. The van der Waals surface area contributed by atoms with Gasteiger partial charge in [0, 0.05) is 19.7 Å². The van der Waals surface area contributed by atoms with E-state index >= 15 is 0 Å². The lowest BCUT2D eigenvalue weighted by Crippen LogP contribution is -2.34. The summed E-state index contributed by atoms with van der Waals surface area (Å²) in [7, 11) is -5.43. The molecule has 2 aromatic carbocycles. The van der Waals surface area contributed by atoms with Crippen LogP contribution in [0.1, 0.15) is 5.56 Å². The second-order valence-corrected chi connectivity index (χ2v) is 9.88. The molecular weight excluding hydrogens is 448 g/mol. The molecule has 1 heterocycles. The van der Waals surface area contributed by atoms with Crippen molar-refractivity contribution in [2.45, 2.75) is 5.16 Å². The summed E-state index contributed by atoms with van der Waals surface area (Å²) in [6.07, 6.45) is 0.541.